The lowest BCUT2D eigenvalue weighted by molar-refractivity contribution is 0.254. The minimum Gasteiger partial charge on any atom is -0.494 e. The third kappa shape index (κ3) is 5.30. The first-order chi connectivity index (χ1) is 10.7. The standard InChI is InChI=1S/C17H25N3O2.HI/c1-5-7-19-17(18-4)20-11-14-10-16-13(8-12(3)22-16)9-15(14)21-6-2;/h5,9-10,12H,1,6-8,11H2,2-4H3,(H2,18,19,20);1H. The first kappa shape index (κ1) is 19.6. The van der Waals surface area contributed by atoms with Crippen LogP contribution in [0.5, 0.6) is 11.5 Å². The number of halogens is 1. The molecule has 0 saturated heterocycles. The number of nitrogens with zero attached hydrogens (tertiary/aromatic N) is 1. The second kappa shape index (κ2) is 9.64. The molecule has 0 aromatic heterocycles. The molecule has 6 heteroatoms. The summed E-state index contributed by atoms with van der Waals surface area (Å²) >= 11 is 0. The molecule has 1 heterocycles. The van der Waals surface area contributed by atoms with Gasteiger partial charge in [-0.05, 0) is 26.0 Å². The zero-order valence-electron chi connectivity index (χ0n) is 14.0. The third-order valence-electron chi connectivity index (χ3n) is 3.46. The van der Waals surface area contributed by atoms with Crippen molar-refractivity contribution in [1.82, 2.24) is 10.6 Å². The van der Waals surface area contributed by atoms with Gasteiger partial charge >= 0.3 is 0 Å². The van der Waals surface area contributed by atoms with E-state index in [1.165, 1.54) is 5.56 Å². The molecular weight excluding hydrogens is 405 g/mol. The molecule has 1 atom stereocenters. The summed E-state index contributed by atoms with van der Waals surface area (Å²) in [6, 6.07) is 4.16. The zero-order chi connectivity index (χ0) is 15.9. The van der Waals surface area contributed by atoms with Crippen LogP contribution in [0, 0.1) is 0 Å². The predicted molar refractivity (Wildman–Crippen MR) is 105 cm³/mol. The molecule has 0 bridgehead atoms. The van der Waals surface area contributed by atoms with Crippen LogP contribution in [0.1, 0.15) is 25.0 Å². The smallest absolute Gasteiger partial charge is 0.191 e. The highest BCUT2D eigenvalue weighted by atomic mass is 127. The fourth-order valence-corrected chi connectivity index (χ4v) is 2.48. The number of hydrogen-bond acceptors (Lipinski definition) is 3. The summed E-state index contributed by atoms with van der Waals surface area (Å²) in [7, 11) is 1.75. The van der Waals surface area contributed by atoms with Crippen molar-refractivity contribution in [2.75, 3.05) is 20.2 Å². The summed E-state index contributed by atoms with van der Waals surface area (Å²) in [6.45, 7) is 9.70. The average molecular weight is 431 g/mol. The van der Waals surface area contributed by atoms with Gasteiger partial charge in [0.05, 0.1) is 6.61 Å². The van der Waals surface area contributed by atoms with E-state index in [4.69, 9.17) is 9.47 Å². The lowest BCUT2D eigenvalue weighted by Crippen LogP contribution is -2.36. The highest BCUT2D eigenvalue weighted by Gasteiger charge is 2.21. The number of nitrogens with one attached hydrogen (secondary N) is 2. The number of rotatable bonds is 6. The van der Waals surface area contributed by atoms with Crippen molar-refractivity contribution in [3.63, 3.8) is 0 Å². The van der Waals surface area contributed by atoms with Crippen LogP contribution in [-0.2, 0) is 13.0 Å². The van der Waals surface area contributed by atoms with Gasteiger partial charge in [0.1, 0.15) is 17.6 Å². The van der Waals surface area contributed by atoms with E-state index in [1.54, 1.807) is 13.1 Å². The van der Waals surface area contributed by atoms with Crippen LogP contribution in [0.2, 0.25) is 0 Å². The molecule has 23 heavy (non-hydrogen) atoms. The van der Waals surface area contributed by atoms with Crippen LogP contribution in [0.3, 0.4) is 0 Å². The quantitative estimate of drug-likeness (QED) is 0.315. The number of ether oxygens (including phenoxy) is 2. The van der Waals surface area contributed by atoms with Crippen LogP contribution < -0.4 is 20.1 Å². The van der Waals surface area contributed by atoms with Gasteiger partial charge in [0.15, 0.2) is 5.96 Å². The molecule has 2 N–H and O–H groups in total. The van der Waals surface area contributed by atoms with Crippen molar-refractivity contribution < 1.29 is 9.47 Å². The van der Waals surface area contributed by atoms with Gasteiger partial charge in [-0.3, -0.25) is 4.99 Å². The highest BCUT2D eigenvalue weighted by molar-refractivity contribution is 14.0. The molecule has 1 aliphatic rings. The fourth-order valence-electron chi connectivity index (χ4n) is 2.48. The normalized spacial score (nSPS) is 16.0. The molecule has 0 radical (unpaired) electrons. The van der Waals surface area contributed by atoms with E-state index >= 15 is 0 Å². The van der Waals surface area contributed by atoms with E-state index in [0.717, 1.165) is 29.4 Å². The molecular formula is C17H26IN3O2. The second-order valence-electron chi connectivity index (χ2n) is 5.23. The molecule has 0 spiro atoms. The van der Waals surface area contributed by atoms with E-state index in [9.17, 15) is 0 Å². The lowest BCUT2D eigenvalue weighted by Gasteiger charge is -2.15. The van der Waals surface area contributed by atoms with Crippen LogP contribution in [-0.4, -0.2) is 32.3 Å². The number of guanidine groups is 1. The topological polar surface area (TPSA) is 54.9 Å². The Kier molecular flexibility index (Phi) is 8.22. The van der Waals surface area contributed by atoms with Crippen molar-refractivity contribution in [3.8, 4) is 11.5 Å². The van der Waals surface area contributed by atoms with Gasteiger partial charge in [-0.25, -0.2) is 0 Å². The van der Waals surface area contributed by atoms with Gasteiger partial charge in [0, 0.05) is 37.7 Å². The van der Waals surface area contributed by atoms with Gasteiger partial charge in [-0.15, -0.1) is 30.6 Å². The number of benzene rings is 1. The molecule has 0 fully saturated rings. The van der Waals surface area contributed by atoms with E-state index in [0.29, 0.717) is 19.7 Å². The summed E-state index contributed by atoms with van der Waals surface area (Å²) in [5.74, 6) is 2.60. The minimum absolute atomic E-state index is 0. The van der Waals surface area contributed by atoms with Crippen molar-refractivity contribution in [1.29, 1.82) is 0 Å². The Bertz CT molecular complexity index is 561. The summed E-state index contributed by atoms with van der Waals surface area (Å²) in [6.07, 6.45) is 2.96. The third-order valence-corrected chi connectivity index (χ3v) is 3.46. The van der Waals surface area contributed by atoms with Gasteiger partial charge < -0.3 is 20.1 Å². The van der Waals surface area contributed by atoms with Gasteiger partial charge in [-0.2, -0.15) is 0 Å². The van der Waals surface area contributed by atoms with Crippen molar-refractivity contribution in [2.45, 2.75) is 32.9 Å². The first-order valence-corrected chi connectivity index (χ1v) is 7.68. The fraction of sp³-hybridized carbons (Fsp3) is 0.471. The minimum atomic E-state index is 0. The van der Waals surface area contributed by atoms with E-state index < -0.39 is 0 Å². The van der Waals surface area contributed by atoms with Gasteiger partial charge in [-0.1, -0.05) is 6.08 Å². The molecule has 0 saturated carbocycles. The molecule has 5 nitrogen and oxygen atoms in total. The Labute approximate surface area is 155 Å². The lowest BCUT2D eigenvalue weighted by atomic mass is 10.1. The van der Waals surface area contributed by atoms with Crippen LogP contribution in [0.4, 0.5) is 0 Å². The highest BCUT2D eigenvalue weighted by Crippen LogP contribution is 2.35. The molecule has 1 aromatic carbocycles. The second-order valence-corrected chi connectivity index (χ2v) is 5.23. The average Bonchev–Trinajstić information content (AvgIpc) is 2.86. The largest absolute Gasteiger partial charge is 0.494 e. The summed E-state index contributed by atoms with van der Waals surface area (Å²) < 4.78 is 11.6. The molecule has 1 aliphatic heterocycles. The summed E-state index contributed by atoms with van der Waals surface area (Å²) in [5, 5.41) is 6.43. The van der Waals surface area contributed by atoms with Crippen molar-refractivity contribution in [3.05, 3.63) is 35.9 Å². The summed E-state index contributed by atoms with van der Waals surface area (Å²) in [4.78, 5) is 4.18. The Balaban J connectivity index is 0.00000264. The van der Waals surface area contributed by atoms with Crippen LogP contribution in [0.25, 0.3) is 0 Å². The Morgan fingerprint density at radius 1 is 1.48 bits per heavy atom. The molecule has 1 aromatic rings. The maximum atomic E-state index is 5.84. The first-order valence-electron chi connectivity index (χ1n) is 7.68. The Hall–Kier alpha value is -1.44. The van der Waals surface area contributed by atoms with Gasteiger partial charge in [0.2, 0.25) is 0 Å². The van der Waals surface area contributed by atoms with Crippen LogP contribution >= 0.6 is 24.0 Å². The number of fused-ring (bicyclic) bond motifs is 1. The van der Waals surface area contributed by atoms with E-state index in [-0.39, 0.29) is 30.1 Å². The van der Waals surface area contributed by atoms with Crippen LogP contribution in [0.15, 0.2) is 29.8 Å². The molecule has 1 unspecified atom stereocenters. The monoisotopic (exact) mass is 431 g/mol. The molecule has 0 aliphatic carbocycles. The molecule has 0 amide bonds. The van der Waals surface area contributed by atoms with Crippen molar-refractivity contribution in [2.24, 2.45) is 4.99 Å². The number of hydrogen-bond donors (Lipinski definition) is 2. The maximum absolute atomic E-state index is 5.84. The van der Waals surface area contributed by atoms with E-state index in [2.05, 4.69) is 41.3 Å². The molecule has 2 rings (SSSR count). The van der Waals surface area contributed by atoms with E-state index in [1.807, 2.05) is 6.92 Å². The van der Waals surface area contributed by atoms with Gasteiger partial charge in [0.25, 0.3) is 0 Å². The maximum Gasteiger partial charge on any atom is 0.191 e. The van der Waals surface area contributed by atoms with Crippen molar-refractivity contribution >= 4 is 29.9 Å². The molecule has 128 valence electrons. The zero-order valence-corrected chi connectivity index (χ0v) is 16.3. The number of aliphatic imine (C=N–C) groups is 1. The SMILES string of the molecule is C=CCNC(=NC)NCc1cc2c(cc1OCC)CC(C)O2.I. The predicted octanol–water partition coefficient (Wildman–Crippen LogP) is 2.88. The Morgan fingerprint density at radius 3 is 2.91 bits per heavy atom. The summed E-state index contributed by atoms with van der Waals surface area (Å²) in [5.41, 5.74) is 2.28. The Morgan fingerprint density at radius 2 is 2.26 bits per heavy atom.